The summed E-state index contributed by atoms with van der Waals surface area (Å²) in [6.07, 6.45) is -0.118. The maximum Gasteiger partial charge on any atom is 0.150 e. The third kappa shape index (κ3) is 9.16. The van der Waals surface area contributed by atoms with Gasteiger partial charge in [-0.05, 0) is 83.9 Å². The molecule has 4 aromatic rings. The van der Waals surface area contributed by atoms with Gasteiger partial charge in [0.1, 0.15) is 74.2 Å². The minimum atomic E-state index is -0.821. The van der Waals surface area contributed by atoms with E-state index in [1.807, 2.05) is 48.5 Å². The molecule has 0 heterocycles. The molecule has 8 heteroatoms. The molecule has 2 atom stereocenters. The van der Waals surface area contributed by atoms with Crippen LogP contribution >= 0.6 is 0 Å². The Morgan fingerprint density at radius 3 is 1.02 bits per heavy atom. The van der Waals surface area contributed by atoms with Gasteiger partial charge in [0.25, 0.3) is 0 Å². The number of rotatable bonds is 16. The second-order valence-corrected chi connectivity index (χ2v) is 10.6. The van der Waals surface area contributed by atoms with Crippen LogP contribution < -0.4 is 18.9 Å². The maximum atomic E-state index is 10.7. The van der Waals surface area contributed by atoms with E-state index in [2.05, 4.69) is 13.8 Å². The van der Waals surface area contributed by atoms with Crippen molar-refractivity contribution in [1.29, 1.82) is 0 Å². The van der Waals surface area contributed by atoms with Crippen LogP contribution in [-0.2, 0) is 5.41 Å². The first-order chi connectivity index (χ1) is 20.8. The highest BCUT2D eigenvalue weighted by Gasteiger charge is 2.23. The highest BCUT2D eigenvalue weighted by molar-refractivity contribution is 5.75. The molecule has 0 saturated carbocycles. The van der Waals surface area contributed by atoms with Crippen LogP contribution in [0.4, 0.5) is 0 Å². The average molecular weight is 585 g/mol. The summed E-state index contributed by atoms with van der Waals surface area (Å²) >= 11 is 0. The van der Waals surface area contributed by atoms with Crippen molar-refractivity contribution in [2.24, 2.45) is 0 Å². The summed E-state index contributed by atoms with van der Waals surface area (Å²) in [4.78, 5) is 21.5. The molecule has 2 N–H and O–H groups in total. The van der Waals surface area contributed by atoms with Crippen LogP contribution in [0.2, 0.25) is 0 Å². The molecule has 0 aliphatic heterocycles. The van der Waals surface area contributed by atoms with Gasteiger partial charge in [0.05, 0.1) is 0 Å². The molecule has 0 fully saturated rings. The second kappa shape index (κ2) is 15.0. The lowest BCUT2D eigenvalue weighted by Gasteiger charge is -2.26. The van der Waals surface area contributed by atoms with Crippen LogP contribution in [-0.4, -0.2) is 61.4 Å². The van der Waals surface area contributed by atoms with Crippen molar-refractivity contribution in [2.75, 3.05) is 26.4 Å². The van der Waals surface area contributed by atoms with Gasteiger partial charge in [0.2, 0.25) is 0 Å². The fourth-order valence-corrected chi connectivity index (χ4v) is 4.25. The number of aliphatic hydroxyl groups excluding tert-OH is 2. The quantitative estimate of drug-likeness (QED) is 0.171. The Morgan fingerprint density at radius 1 is 0.512 bits per heavy atom. The van der Waals surface area contributed by atoms with Crippen LogP contribution in [0.15, 0.2) is 97.1 Å². The van der Waals surface area contributed by atoms with Crippen LogP contribution in [0.3, 0.4) is 0 Å². The minimum Gasteiger partial charge on any atom is -0.491 e. The molecule has 0 radical (unpaired) electrons. The number of carbonyl (C=O) groups excluding carboxylic acids is 2. The van der Waals surface area contributed by atoms with Gasteiger partial charge in [0.15, 0.2) is 0 Å². The van der Waals surface area contributed by atoms with Gasteiger partial charge in [-0.1, -0.05) is 38.1 Å². The van der Waals surface area contributed by atoms with Gasteiger partial charge in [-0.15, -0.1) is 0 Å². The molecular weight excluding hydrogens is 548 g/mol. The number of aldehydes is 2. The number of ether oxygens (including phenoxy) is 4. The van der Waals surface area contributed by atoms with E-state index in [1.165, 1.54) is 0 Å². The minimum absolute atomic E-state index is 0.0653. The maximum absolute atomic E-state index is 10.7. The zero-order chi connectivity index (χ0) is 30.7. The third-order valence-corrected chi connectivity index (χ3v) is 6.95. The van der Waals surface area contributed by atoms with Gasteiger partial charge < -0.3 is 29.2 Å². The van der Waals surface area contributed by atoms with Crippen molar-refractivity contribution in [3.05, 3.63) is 119 Å². The van der Waals surface area contributed by atoms with E-state index in [9.17, 15) is 19.8 Å². The average Bonchev–Trinajstić information content (AvgIpc) is 3.05. The predicted octanol–water partition coefficient (Wildman–Crippen LogP) is 5.27. The Balaban J connectivity index is 1.22. The highest BCUT2D eigenvalue weighted by Crippen LogP contribution is 2.33. The molecule has 0 bridgehead atoms. The van der Waals surface area contributed by atoms with Crippen molar-refractivity contribution in [1.82, 2.24) is 0 Å². The summed E-state index contributed by atoms with van der Waals surface area (Å²) in [6.45, 7) is 4.54. The number of benzene rings is 4. The molecule has 0 saturated heterocycles. The lowest BCUT2D eigenvalue weighted by molar-refractivity contribution is 0.0626. The van der Waals surface area contributed by atoms with Gasteiger partial charge in [-0.2, -0.15) is 0 Å². The summed E-state index contributed by atoms with van der Waals surface area (Å²) in [5.41, 5.74) is 3.00. The van der Waals surface area contributed by atoms with Gasteiger partial charge in [-0.3, -0.25) is 9.59 Å². The predicted molar refractivity (Wildman–Crippen MR) is 163 cm³/mol. The Bertz CT molecular complexity index is 1320. The number of hydrogen-bond acceptors (Lipinski definition) is 8. The molecule has 43 heavy (non-hydrogen) atoms. The van der Waals surface area contributed by atoms with Crippen LogP contribution in [0.1, 0.15) is 45.7 Å². The van der Waals surface area contributed by atoms with E-state index in [-0.39, 0.29) is 31.8 Å². The molecule has 0 aliphatic carbocycles. The number of hydrogen-bond donors (Lipinski definition) is 2. The van der Waals surface area contributed by atoms with Gasteiger partial charge >= 0.3 is 0 Å². The molecule has 2 unspecified atom stereocenters. The SMILES string of the molecule is CC(C)(c1ccc(OCC(O)COc2ccc(C=O)cc2)cc1)c1ccc(OCC(O)COc2ccc(C=O)cc2)cc1. The van der Waals surface area contributed by atoms with E-state index in [4.69, 9.17) is 18.9 Å². The molecule has 4 aromatic carbocycles. The van der Waals surface area contributed by atoms with Crippen LogP contribution in [0.5, 0.6) is 23.0 Å². The molecule has 8 nitrogen and oxygen atoms in total. The smallest absolute Gasteiger partial charge is 0.150 e. The normalized spacial score (nSPS) is 12.6. The Hall–Kier alpha value is -4.66. The largest absolute Gasteiger partial charge is 0.491 e. The highest BCUT2D eigenvalue weighted by atomic mass is 16.5. The Labute approximate surface area is 251 Å². The third-order valence-electron chi connectivity index (χ3n) is 6.95. The Kier molecular flexibility index (Phi) is 10.9. The van der Waals surface area contributed by atoms with Crippen LogP contribution in [0, 0.1) is 0 Å². The molecule has 224 valence electrons. The molecule has 0 aromatic heterocycles. The van der Waals surface area contributed by atoms with E-state index in [0.717, 1.165) is 23.7 Å². The van der Waals surface area contributed by atoms with Crippen molar-refractivity contribution in [3.8, 4) is 23.0 Å². The monoisotopic (exact) mass is 584 g/mol. The van der Waals surface area contributed by atoms with Crippen molar-refractivity contribution in [3.63, 3.8) is 0 Å². The van der Waals surface area contributed by atoms with E-state index in [1.54, 1.807) is 48.5 Å². The second-order valence-electron chi connectivity index (χ2n) is 10.6. The van der Waals surface area contributed by atoms with E-state index < -0.39 is 12.2 Å². The fraction of sp³-hybridized carbons (Fsp3) is 0.257. The van der Waals surface area contributed by atoms with Crippen molar-refractivity contribution < 1.29 is 38.7 Å². The first-order valence-corrected chi connectivity index (χ1v) is 14.0. The van der Waals surface area contributed by atoms with E-state index >= 15 is 0 Å². The fourth-order valence-electron chi connectivity index (χ4n) is 4.25. The molecule has 0 amide bonds. The summed E-state index contributed by atoms with van der Waals surface area (Å²) in [7, 11) is 0. The summed E-state index contributed by atoms with van der Waals surface area (Å²) in [5.74, 6) is 2.41. The number of aliphatic hydroxyl groups is 2. The lowest BCUT2D eigenvalue weighted by Crippen LogP contribution is -2.25. The molecule has 4 rings (SSSR count). The lowest BCUT2D eigenvalue weighted by atomic mass is 9.78. The van der Waals surface area contributed by atoms with E-state index in [0.29, 0.717) is 34.1 Å². The summed E-state index contributed by atoms with van der Waals surface area (Å²) in [5, 5.41) is 20.5. The van der Waals surface area contributed by atoms with Crippen molar-refractivity contribution >= 4 is 12.6 Å². The topological polar surface area (TPSA) is 112 Å². The molecule has 0 aliphatic rings. The first-order valence-electron chi connectivity index (χ1n) is 14.0. The van der Waals surface area contributed by atoms with Gasteiger partial charge in [0, 0.05) is 16.5 Å². The zero-order valence-electron chi connectivity index (χ0n) is 24.2. The number of carbonyl (C=O) groups is 2. The first kappa shape index (κ1) is 31.3. The summed E-state index contributed by atoms with van der Waals surface area (Å²) in [6, 6.07) is 28.8. The standard InChI is InChI=1S/C35H36O8/c1-35(2,27-7-15-33(16-8-27)42-23-29(38)21-40-31-11-3-25(19-36)4-12-31)28-9-17-34(18-10-28)43-24-30(39)22-41-32-13-5-26(20-37)6-14-32/h3-20,29-30,38-39H,21-24H2,1-2H3. The summed E-state index contributed by atoms with van der Waals surface area (Å²) < 4.78 is 22.6. The van der Waals surface area contributed by atoms with Gasteiger partial charge in [-0.25, -0.2) is 0 Å². The Morgan fingerprint density at radius 2 is 0.767 bits per heavy atom. The van der Waals surface area contributed by atoms with Crippen LogP contribution in [0.25, 0.3) is 0 Å². The molecular formula is C35H36O8. The van der Waals surface area contributed by atoms with Crippen molar-refractivity contribution in [2.45, 2.75) is 31.5 Å². The zero-order valence-corrected chi connectivity index (χ0v) is 24.2. The molecule has 0 spiro atoms.